The Morgan fingerprint density at radius 3 is 2.58 bits per heavy atom. The monoisotopic (exact) mass is 570 g/mol. The van der Waals surface area contributed by atoms with Crippen LogP contribution in [0.3, 0.4) is 0 Å². The van der Waals surface area contributed by atoms with Crippen LogP contribution >= 0.6 is 24.0 Å². The highest BCUT2D eigenvalue weighted by molar-refractivity contribution is 14.0. The maximum Gasteiger partial charge on any atom is 0.191 e. The van der Waals surface area contributed by atoms with Gasteiger partial charge in [-0.05, 0) is 37.0 Å². The molecule has 7 nitrogen and oxygen atoms in total. The smallest absolute Gasteiger partial charge is 0.191 e. The van der Waals surface area contributed by atoms with Crippen LogP contribution in [0.1, 0.15) is 30.6 Å². The molecule has 0 amide bonds. The van der Waals surface area contributed by atoms with Gasteiger partial charge in [-0.25, -0.2) is 0 Å². The number of nitrogens with one attached hydrogen (secondary N) is 2. The van der Waals surface area contributed by atoms with Gasteiger partial charge in [0.05, 0.1) is 19.0 Å². The van der Waals surface area contributed by atoms with E-state index in [2.05, 4.69) is 50.9 Å². The molecule has 184 valence electrons. The number of nitrogens with zero attached hydrogens (tertiary/aromatic N) is 2. The Morgan fingerprint density at radius 2 is 1.85 bits per heavy atom. The van der Waals surface area contributed by atoms with Crippen molar-refractivity contribution in [3.8, 4) is 0 Å². The number of piperidine rings is 1. The molecule has 33 heavy (non-hydrogen) atoms. The van der Waals surface area contributed by atoms with Crippen LogP contribution in [0.15, 0.2) is 58.1 Å². The van der Waals surface area contributed by atoms with Crippen LogP contribution in [0.25, 0.3) is 0 Å². The highest BCUT2D eigenvalue weighted by Crippen LogP contribution is 2.16. The van der Waals surface area contributed by atoms with Crippen molar-refractivity contribution in [3.05, 3.63) is 60.1 Å². The number of hydrogen-bond donors (Lipinski definition) is 2. The van der Waals surface area contributed by atoms with E-state index < -0.39 is 0 Å². The van der Waals surface area contributed by atoms with Gasteiger partial charge in [0.15, 0.2) is 5.96 Å². The lowest BCUT2D eigenvalue weighted by molar-refractivity contribution is 0.00566. The molecule has 1 fully saturated rings. The van der Waals surface area contributed by atoms with Crippen LogP contribution in [0.5, 0.6) is 0 Å². The lowest BCUT2D eigenvalue weighted by Gasteiger charge is -2.31. The van der Waals surface area contributed by atoms with Gasteiger partial charge in [0.1, 0.15) is 5.76 Å². The fourth-order valence-corrected chi connectivity index (χ4v) is 3.79. The van der Waals surface area contributed by atoms with Gasteiger partial charge in [-0.1, -0.05) is 30.3 Å². The second-order valence-electron chi connectivity index (χ2n) is 8.09. The second kappa shape index (κ2) is 16.9. The van der Waals surface area contributed by atoms with E-state index in [0.29, 0.717) is 12.7 Å². The predicted octanol–water partition coefficient (Wildman–Crippen LogP) is 3.69. The van der Waals surface area contributed by atoms with Crippen LogP contribution in [0.2, 0.25) is 0 Å². The Hall–Kier alpha value is -1.62. The van der Waals surface area contributed by atoms with Crippen molar-refractivity contribution in [1.29, 1.82) is 0 Å². The minimum absolute atomic E-state index is 0. The molecule has 1 saturated heterocycles. The van der Waals surface area contributed by atoms with E-state index in [0.717, 1.165) is 83.3 Å². The van der Waals surface area contributed by atoms with E-state index in [-0.39, 0.29) is 24.0 Å². The maximum atomic E-state index is 6.12. The van der Waals surface area contributed by atoms with Crippen LogP contribution in [-0.2, 0) is 22.4 Å². The zero-order valence-electron chi connectivity index (χ0n) is 19.7. The van der Waals surface area contributed by atoms with Crippen molar-refractivity contribution < 1.29 is 13.9 Å². The van der Waals surface area contributed by atoms with Crippen molar-refractivity contribution in [2.45, 2.75) is 38.3 Å². The topological polar surface area (TPSA) is 71.3 Å². The minimum Gasteiger partial charge on any atom is -0.469 e. The highest BCUT2D eigenvalue weighted by Gasteiger charge is 2.19. The van der Waals surface area contributed by atoms with Crippen LogP contribution in [0, 0.1) is 0 Å². The number of halogens is 1. The molecule has 0 aliphatic carbocycles. The van der Waals surface area contributed by atoms with Crippen LogP contribution in [-0.4, -0.2) is 70.0 Å². The number of rotatable bonds is 13. The van der Waals surface area contributed by atoms with E-state index in [1.807, 2.05) is 12.1 Å². The summed E-state index contributed by atoms with van der Waals surface area (Å²) >= 11 is 0. The molecule has 2 heterocycles. The number of aliphatic imine (C=N–C) groups is 1. The normalized spacial score (nSPS) is 15.2. The Labute approximate surface area is 215 Å². The Morgan fingerprint density at radius 1 is 1.06 bits per heavy atom. The summed E-state index contributed by atoms with van der Waals surface area (Å²) in [6.45, 7) is 6.86. The Kier molecular flexibility index (Phi) is 14.2. The number of guanidine groups is 1. The molecule has 8 heteroatoms. The number of hydrogen-bond acceptors (Lipinski definition) is 5. The third kappa shape index (κ3) is 11.4. The fourth-order valence-electron chi connectivity index (χ4n) is 3.79. The number of likely N-dealkylation sites (tertiary alicyclic amines) is 1. The third-order valence-corrected chi connectivity index (χ3v) is 5.55. The molecule has 0 spiro atoms. The first kappa shape index (κ1) is 27.6. The van der Waals surface area contributed by atoms with Gasteiger partial charge in [0.2, 0.25) is 0 Å². The van der Waals surface area contributed by atoms with Crippen LogP contribution < -0.4 is 10.6 Å². The summed E-state index contributed by atoms with van der Waals surface area (Å²) in [6, 6.07) is 14.6. The van der Waals surface area contributed by atoms with Gasteiger partial charge in [0.25, 0.3) is 0 Å². The molecule has 1 aliphatic heterocycles. The van der Waals surface area contributed by atoms with Crippen molar-refractivity contribution in [1.82, 2.24) is 15.5 Å². The summed E-state index contributed by atoms with van der Waals surface area (Å²) in [5.41, 5.74) is 1.39. The number of benzene rings is 1. The summed E-state index contributed by atoms with van der Waals surface area (Å²) < 4.78 is 16.6. The number of furan rings is 1. The van der Waals surface area contributed by atoms with Gasteiger partial charge in [-0.2, -0.15) is 0 Å². The Balaban J connectivity index is 0.00000385. The van der Waals surface area contributed by atoms with Crippen molar-refractivity contribution in [3.63, 3.8) is 0 Å². The summed E-state index contributed by atoms with van der Waals surface area (Å²) in [4.78, 5) is 7.20. The zero-order valence-corrected chi connectivity index (χ0v) is 22.0. The predicted molar refractivity (Wildman–Crippen MR) is 143 cm³/mol. The molecule has 0 unspecified atom stereocenters. The van der Waals surface area contributed by atoms with Gasteiger partial charge in [-0.3, -0.25) is 9.89 Å². The van der Waals surface area contributed by atoms with E-state index in [4.69, 9.17) is 13.9 Å². The lowest BCUT2D eigenvalue weighted by atomic mass is 10.1. The lowest BCUT2D eigenvalue weighted by Crippen LogP contribution is -2.40. The largest absolute Gasteiger partial charge is 0.469 e. The van der Waals surface area contributed by atoms with Gasteiger partial charge < -0.3 is 24.5 Å². The number of methoxy groups -OCH3 is 1. The molecule has 1 aromatic carbocycles. The summed E-state index contributed by atoms with van der Waals surface area (Å²) in [7, 11) is 1.70. The van der Waals surface area contributed by atoms with Crippen LogP contribution in [0.4, 0.5) is 0 Å². The van der Waals surface area contributed by atoms with Gasteiger partial charge in [-0.15, -0.1) is 24.0 Å². The van der Waals surface area contributed by atoms with E-state index >= 15 is 0 Å². The van der Waals surface area contributed by atoms with Crippen molar-refractivity contribution >= 4 is 29.9 Å². The minimum atomic E-state index is 0. The quantitative estimate of drug-likeness (QED) is 0.166. The first-order valence-electron chi connectivity index (χ1n) is 11.7. The average molecular weight is 571 g/mol. The SMILES string of the molecule is COCCNC(=NCCCOC1CCN(Cc2ccccc2)CC1)NCCc1ccco1.I. The molecule has 1 aromatic heterocycles. The molecular weight excluding hydrogens is 531 g/mol. The molecule has 3 rings (SSSR count). The molecule has 0 atom stereocenters. The number of ether oxygens (including phenoxy) is 2. The standard InChI is InChI=1S/C25H38N4O3.HI/c1-30-20-15-28-25(27-14-10-23-9-5-18-31-23)26-13-6-19-32-24-11-16-29(17-12-24)21-22-7-3-2-4-8-22;/h2-5,7-9,18,24H,6,10-17,19-21H2,1H3,(H2,26,27,28);1H. The summed E-state index contributed by atoms with van der Waals surface area (Å²) in [6.07, 6.45) is 6.03. The first-order valence-corrected chi connectivity index (χ1v) is 11.7. The summed E-state index contributed by atoms with van der Waals surface area (Å²) in [5, 5.41) is 6.66. The molecule has 0 bridgehead atoms. The highest BCUT2D eigenvalue weighted by atomic mass is 127. The average Bonchev–Trinajstić information content (AvgIpc) is 3.34. The molecule has 0 saturated carbocycles. The fraction of sp³-hybridized carbons (Fsp3) is 0.560. The van der Waals surface area contributed by atoms with Crippen molar-refractivity contribution in [2.24, 2.45) is 4.99 Å². The summed E-state index contributed by atoms with van der Waals surface area (Å²) in [5.74, 6) is 1.78. The third-order valence-electron chi connectivity index (χ3n) is 5.55. The Bertz CT molecular complexity index is 750. The molecule has 2 N–H and O–H groups in total. The van der Waals surface area contributed by atoms with E-state index in [1.165, 1.54) is 5.56 Å². The second-order valence-corrected chi connectivity index (χ2v) is 8.09. The zero-order chi connectivity index (χ0) is 22.3. The molecule has 0 radical (unpaired) electrons. The van der Waals surface area contributed by atoms with Crippen molar-refractivity contribution in [2.75, 3.05) is 53.0 Å². The maximum absolute atomic E-state index is 6.12. The molecule has 2 aromatic rings. The van der Waals surface area contributed by atoms with Gasteiger partial charge >= 0.3 is 0 Å². The first-order chi connectivity index (χ1) is 15.8. The molecule has 1 aliphatic rings. The van der Waals surface area contributed by atoms with E-state index in [9.17, 15) is 0 Å². The van der Waals surface area contributed by atoms with E-state index in [1.54, 1.807) is 13.4 Å². The molecular formula is C25H39IN4O3. The van der Waals surface area contributed by atoms with Gasteiger partial charge in [0, 0.05) is 59.4 Å².